The van der Waals surface area contributed by atoms with Crippen molar-refractivity contribution in [1.29, 1.82) is 0 Å². The third kappa shape index (κ3) is 8.93. The fourth-order valence-corrected chi connectivity index (χ4v) is 4.11. The Labute approximate surface area is 219 Å². The maximum Gasteiger partial charge on any atom is 0.306 e. The van der Waals surface area contributed by atoms with Crippen molar-refractivity contribution in [3.63, 3.8) is 0 Å². The molecule has 8 nitrogen and oxygen atoms in total. The molecular formula is C29H38O8. The summed E-state index contributed by atoms with van der Waals surface area (Å²) < 4.78 is 35.8. The van der Waals surface area contributed by atoms with Crippen molar-refractivity contribution < 1.29 is 38.0 Å². The lowest BCUT2D eigenvalue weighted by molar-refractivity contribution is -0.316. The average Bonchev–Trinajstić information content (AvgIpc) is 2.92. The van der Waals surface area contributed by atoms with E-state index in [1.165, 1.54) is 7.11 Å². The third-order valence-corrected chi connectivity index (χ3v) is 5.98. The van der Waals surface area contributed by atoms with E-state index in [4.69, 9.17) is 28.4 Å². The number of hydrogen-bond donors (Lipinski definition) is 0. The Kier molecular flexibility index (Phi) is 12.0. The monoisotopic (exact) mass is 514 g/mol. The minimum atomic E-state index is -0.871. The van der Waals surface area contributed by atoms with Crippen molar-refractivity contribution in [3.05, 3.63) is 71.8 Å². The van der Waals surface area contributed by atoms with E-state index in [2.05, 4.69) is 0 Å². The van der Waals surface area contributed by atoms with Gasteiger partial charge >= 0.3 is 11.9 Å². The molecule has 1 saturated heterocycles. The van der Waals surface area contributed by atoms with Crippen LogP contribution >= 0.6 is 0 Å². The predicted molar refractivity (Wildman–Crippen MR) is 136 cm³/mol. The van der Waals surface area contributed by atoms with E-state index >= 15 is 0 Å². The minimum absolute atomic E-state index is 0.0978. The van der Waals surface area contributed by atoms with E-state index in [1.807, 2.05) is 74.5 Å². The van der Waals surface area contributed by atoms with E-state index in [0.717, 1.165) is 11.1 Å². The summed E-state index contributed by atoms with van der Waals surface area (Å²) in [6.45, 7) is 4.25. The first-order valence-electron chi connectivity index (χ1n) is 12.9. The standard InChI is InChI=1S/C29H38O8/c1-4-12-24(30)33-20-23-26(37-25(31)13-5-2)27(34-18-21-14-8-6-9-15-21)28(29(32-3)36-23)35-19-22-16-10-7-11-17-22/h6-11,14-17,23,26-29H,4-5,12-13,18-20H2,1-3H3/t23-,26+,27+,28-,29+/m1/s1. The van der Waals surface area contributed by atoms with Gasteiger partial charge in [-0.05, 0) is 24.0 Å². The first kappa shape index (κ1) is 28.8. The molecule has 1 fully saturated rings. The molecule has 3 rings (SSSR count). The molecule has 0 saturated carbocycles. The molecule has 2 aromatic carbocycles. The molecule has 1 heterocycles. The molecule has 0 aliphatic carbocycles. The number of carbonyl (C=O) groups excluding carboxylic acids is 2. The number of esters is 2. The van der Waals surface area contributed by atoms with Gasteiger partial charge in [0.25, 0.3) is 0 Å². The molecule has 5 atom stereocenters. The second kappa shape index (κ2) is 15.5. The molecule has 2 aromatic rings. The van der Waals surface area contributed by atoms with Gasteiger partial charge in [-0.3, -0.25) is 9.59 Å². The molecule has 1 aliphatic heterocycles. The van der Waals surface area contributed by atoms with Crippen molar-refractivity contribution in [2.24, 2.45) is 0 Å². The predicted octanol–water partition coefficient (Wildman–Crippen LogP) is 4.58. The topological polar surface area (TPSA) is 89.5 Å². The van der Waals surface area contributed by atoms with Gasteiger partial charge in [0.15, 0.2) is 12.4 Å². The quantitative estimate of drug-likeness (QED) is 0.339. The number of carbonyl (C=O) groups is 2. The van der Waals surface area contributed by atoms with Gasteiger partial charge in [-0.15, -0.1) is 0 Å². The van der Waals surface area contributed by atoms with Crippen molar-refractivity contribution in [1.82, 2.24) is 0 Å². The molecule has 202 valence electrons. The molecule has 8 heteroatoms. The van der Waals surface area contributed by atoms with E-state index in [1.54, 1.807) is 0 Å². The van der Waals surface area contributed by atoms with Crippen LogP contribution in [0.3, 0.4) is 0 Å². The van der Waals surface area contributed by atoms with E-state index in [0.29, 0.717) is 12.8 Å². The molecule has 0 amide bonds. The normalized spacial score (nSPS) is 23.4. The van der Waals surface area contributed by atoms with Crippen LogP contribution in [0.2, 0.25) is 0 Å². The van der Waals surface area contributed by atoms with Gasteiger partial charge in [0.05, 0.1) is 13.2 Å². The highest BCUT2D eigenvalue weighted by Crippen LogP contribution is 2.31. The molecule has 0 radical (unpaired) electrons. The Morgan fingerprint density at radius 3 is 1.84 bits per heavy atom. The van der Waals surface area contributed by atoms with Crippen LogP contribution in [0.15, 0.2) is 60.7 Å². The first-order valence-corrected chi connectivity index (χ1v) is 12.9. The van der Waals surface area contributed by atoms with Crippen molar-refractivity contribution in [3.8, 4) is 0 Å². The van der Waals surface area contributed by atoms with E-state index in [9.17, 15) is 9.59 Å². The molecule has 1 aliphatic rings. The van der Waals surface area contributed by atoms with Crippen LogP contribution in [0, 0.1) is 0 Å². The van der Waals surface area contributed by atoms with E-state index in [-0.39, 0.29) is 44.6 Å². The molecule has 0 spiro atoms. The molecule has 0 bridgehead atoms. The van der Waals surface area contributed by atoms with Crippen LogP contribution in [0.25, 0.3) is 0 Å². The highest BCUT2D eigenvalue weighted by molar-refractivity contribution is 5.70. The molecule has 0 N–H and O–H groups in total. The van der Waals surface area contributed by atoms with Crippen molar-refractivity contribution in [2.45, 2.75) is 83.5 Å². The second-order valence-electron chi connectivity index (χ2n) is 8.94. The lowest BCUT2D eigenvalue weighted by atomic mass is 9.98. The van der Waals surface area contributed by atoms with Crippen LogP contribution in [-0.4, -0.2) is 56.4 Å². The first-order chi connectivity index (χ1) is 18.0. The molecule has 37 heavy (non-hydrogen) atoms. The maximum atomic E-state index is 12.6. The highest BCUT2D eigenvalue weighted by atomic mass is 16.7. The fraction of sp³-hybridized carbons (Fsp3) is 0.517. The third-order valence-electron chi connectivity index (χ3n) is 5.98. The van der Waals surface area contributed by atoms with Crippen LogP contribution < -0.4 is 0 Å². The maximum absolute atomic E-state index is 12.6. The van der Waals surface area contributed by atoms with Gasteiger partial charge in [0.1, 0.15) is 24.9 Å². The fourth-order valence-electron chi connectivity index (χ4n) is 4.11. The second-order valence-corrected chi connectivity index (χ2v) is 8.94. The minimum Gasteiger partial charge on any atom is -0.463 e. The van der Waals surface area contributed by atoms with E-state index < -0.39 is 30.7 Å². The Morgan fingerprint density at radius 1 is 0.757 bits per heavy atom. The summed E-state index contributed by atoms with van der Waals surface area (Å²) in [6, 6.07) is 19.4. The van der Waals surface area contributed by atoms with Crippen LogP contribution in [-0.2, 0) is 51.2 Å². The summed E-state index contributed by atoms with van der Waals surface area (Å²) in [6.07, 6.45) is -2.11. The van der Waals surface area contributed by atoms with Crippen LogP contribution in [0.1, 0.15) is 50.7 Å². The summed E-state index contributed by atoms with van der Waals surface area (Å²) in [5.74, 6) is -0.727. The average molecular weight is 515 g/mol. The zero-order chi connectivity index (χ0) is 26.5. The zero-order valence-electron chi connectivity index (χ0n) is 21.9. The van der Waals surface area contributed by atoms with Gasteiger partial charge in [-0.25, -0.2) is 0 Å². The SMILES string of the molecule is CCCC(=O)OC[C@H]1O[C@H](OC)[C@H](OCc2ccccc2)[C@@H](OCc2ccccc2)[C@H]1OC(=O)CCC. The summed E-state index contributed by atoms with van der Waals surface area (Å²) in [5.41, 5.74) is 1.92. The zero-order valence-corrected chi connectivity index (χ0v) is 21.9. The highest BCUT2D eigenvalue weighted by Gasteiger charge is 2.50. The Morgan fingerprint density at radius 2 is 1.30 bits per heavy atom. The smallest absolute Gasteiger partial charge is 0.306 e. The lowest BCUT2D eigenvalue weighted by Crippen LogP contribution is -2.62. The van der Waals surface area contributed by atoms with Crippen LogP contribution in [0.4, 0.5) is 0 Å². The molecule has 0 aromatic heterocycles. The summed E-state index contributed by atoms with van der Waals surface area (Å²) >= 11 is 0. The Hall–Kier alpha value is -2.78. The van der Waals surface area contributed by atoms with Gasteiger partial charge in [-0.1, -0.05) is 74.5 Å². The number of benzene rings is 2. The van der Waals surface area contributed by atoms with Gasteiger partial charge in [0, 0.05) is 20.0 Å². The largest absolute Gasteiger partial charge is 0.463 e. The summed E-state index contributed by atoms with van der Waals surface area (Å²) in [4.78, 5) is 24.8. The number of hydrogen-bond acceptors (Lipinski definition) is 8. The number of ether oxygens (including phenoxy) is 6. The van der Waals surface area contributed by atoms with Crippen LogP contribution in [0.5, 0.6) is 0 Å². The van der Waals surface area contributed by atoms with Gasteiger partial charge in [0.2, 0.25) is 0 Å². The molecule has 0 unspecified atom stereocenters. The van der Waals surface area contributed by atoms with Crippen molar-refractivity contribution in [2.75, 3.05) is 13.7 Å². The Balaban J connectivity index is 1.87. The molecular weight excluding hydrogens is 476 g/mol. The van der Waals surface area contributed by atoms with Crippen molar-refractivity contribution >= 4 is 11.9 Å². The summed E-state index contributed by atoms with van der Waals surface area (Å²) in [5, 5.41) is 0. The van der Waals surface area contributed by atoms with Gasteiger partial charge < -0.3 is 28.4 Å². The number of rotatable bonds is 14. The number of methoxy groups -OCH3 is 1. The summed E-state index contributed by atoms with van der Waals surface area (Å²) in [7, 11) is 1.52. The Bertz CT molecular complexity index is 935. The lowest BCUT2D eigenvalue weighted by Gasteiger charge is -2.45. The van der Waals surface area contributed by atoms with Gasteiger partial charge in [-0.2, -0.15) is 0 Å².